The largest absolute Gasteiger partial charge is 0.465 e. The number of hydrogen-bond acceptors (Lipinski definition) is 5. The van der Waals surface area contributed by atoms with Gasteiger partial charge in [-0.2, -0.15) is 0 Å². The maximum Gasteiger partial charge on any atom is 0.341 e. The van der Waals surface area contributed by atoms with E-state index in [-0.39, 0.29) is 17.4 Å². The van der Waals surface area contributed by atoms with E-state index < -0.39 is 11.9 Å². The molecular weight excluding hydrogens is 322 g/mol. The number of furan rings is 1. The third-order valence-corrected chi connectivity index (χ3v) is 3.79. The van der Waals surface area contributed by atoms with Crippen LogP contribution in [0.5, 0.6) is 0 Å². The van der Waals surface area contributed by atoms with Crippen molar-refractivity contribution in [3.05, 3.63) is 72.2 Å². The van der Waals surface area contributed by atoms with Crippen molar-refractivity contribution in [3.63, 3.8) is 0 Å². The van der Waals surface area contributed by atoms with Crippen molar-refractivity contribution in [1.82, 2.24) is 14.9 Å². The molecule has 2 heterocycles. The number of benzene rings is 1. The molecule has 0 aliphatic carbocycles. The third kappa shape index (κ3) is 3.60. The van der Waals surface area contributed by atoms with Gasteiger partial charge >= 0.3 is 5.97 Å². The Labute approximate surface area is 144 Å². The number of methoxy groups -OCH3 is 1. The summed E-state index contributed by atoms with van der Waals surface area (Å²) in [5.74, 6) is -0.894. The van der Waals surface area contributed by atoms with Crippen LogP contribution in [0.2, 0.25) is 0 Å². The van der Waals surface area contributed by atoms with E-state index in [2.05, 4.69) is 15.0 Å². The van der Waals surface area contributed by atoms with E-state index in [4.69, 9.17) is 4.42 Å². The Kier molecular flexibility index (Phi) is 4.65. The second-order valence-electron chi connectivity index (χ2n) is 5.45. The number of amides is 1. The van der Waals surface area contributed by atoms with Gasteiger partial charge in [-0.1, -0.05) is 12.1 Å². The van der Waals surface area contributed by atoms with E-state index >= 15 is 0 Å². The summed E-state index contributed by atoms with van der Waals surface area (Å²) >= 11 is 0. The monoisotopic (exact) mass is 339 g/mol. The molecule has 3 rings (SSSR count). The predicted octanol–water partition coefficient (Wildman–Crippen LogP) is 2.74. The van der Waals surface area contributed by atoms with Crippen molar-refractivity contribution in [2.75, 3.05) is 7.11 Å². The van der Waals surface area contributed by atoms with Gasteiger partial charge in [-0.15, -0.1) is 0 Å². The highest BCUT2D eigenvalue weighted by Crippen LogP contribution is 2.17. The molecule has 7 heteroatoms. The van der Waals surface area contributed by atoms with Gasteiger partial charge in [0.15, 0.2) is 5.76 Å². The van der Waals surface area contributed by atoms with E-state index in [0.717, 1.165) is 11.3 Å². The first-order chi connectivity index (χ1) is 12.1. The van der Waals surface area contributed by atoms with E-state index in [1.807, 2.05) is 42.0 Å². The number of carbonyl (C=O) groups is 2. The molecule has 7 nitrogen and oxygen atoms in total. The molecule has 0 radical (unpaired) electrons. The van der Waals surface area contributed by atoms with E-state index in [9.17, 15) is 9.59 Å². The fourth-order valence-corrected chi connectivity index (χ4v) is 2.38. The van der Waals surface area contributed by atoms with E-state index in [1.165, 1.54) is 19.4 Å². The minimum Gasteiger partial charge on any atom is -0.465 e. The number of carbonyl (C=O) groups excluding carboxylic acids is 2. The molecule has 0 fully saturated rings. The number of imidazole rings is 1. The van der Waals surface area contributed by atoms with Crippen LogP contribution in [-0.4, -0.2) is 28.5 Å². The molecule has 2 aromatic heterocycles. The molecule has 1 N–H and O–H groups in total. The average Bonchev–Trinajstić information content (AvgIpc) is 3.33. The van der Waals surface area contributed by atoms with Crippen LogP contribution in [0.15, 0.2) is 59.7 Å². The summed E-state index contributed by atoms with van der Waals surface area (Å²) in [4.78, 5) is 27.7. The number of rotatable bonds is 5. The van der Waals surface area contributed by atoms with Gasteiger partial charge in [0.05, 0.1) is 25.0 Å². The topological polar surface area (TPSA) is 86.4 Å². The number of aromatic nitrogens is 2. The van der Waals surface area contributed by atoms with Crippen molar-refractivity contribution < 1.29 is 18.7 Å². The fraction of sp³-hybridized carbons (Fsp3) is 0.167. The summed E-state index contributed by atoms with van der Waals surface area (Å²) in [7, 11) is 1.27. The SMILES string of the molecule is COC(=O)c1coc(C(=O)N[C@H](C)c2ccc(-n3ccnc3)cc2)c1. The minimum atomic E-state index is -0.550. The van der Waals surface area contributed by atoms with Gasteiger partial charge in [0.25, 0.3) is 5.91 Å². The minimum absolute atomic E-state index is 0.0577. The molecule has 0 unspecified atom stereocenters. The lowest BCUT2D eigenvalue weighted by molar-refractivity contribution is 0.0599. The molecule has 1 atom stereocenters. The number of ether oxygens (including phenoxy) is 1. The van der Waals surface area contributed by atoms with Crippen molar-refractivity contribution in [2.24, 2.45) is 0 Å². The first kappa shape index (κ1) is 16.5. The number of nitrogens with one attached hydrogen (secondary N) is 1. The van der Waals surface area contributed by atoms with Crippen molar-refractivity contribution in [3.8, 4) is 5.69 Å². The molecule has 0 aliphatic rings. The fourth-order valence-electron chi connectivity index (χ4n) is 2.38. The van der Waals surface area contributed by atoms with Gasteiger partial charge < -0.3 is 19.0 Å². The summed E-state index contributed by atoms with van der Waals surface area (Å²) in [6.45, 7) is 1.87. The lowest BCUT2D eigenvalue weighted by Gasteiger charge is -2.14. The Bertz CT molecular complexity index is 866. The van der Waals surface area contributed by atoms with Gasteiger partial charge in [0, 0.05) is 24.1 Å². The van der Waals surface area contributed by atoms with Crippen molar-refractivity contribution in [1.29, 1.82) is 0 Å². The third-order valence-electron chi connectivity index (χ3n) is 3.79. The Balaban J connectivity index is 1.67. The van der Waals surface area contributed by atoms with Crippen LogP contribution < -0.4 is 5.32 Å². The summed E-state index contributed by atoms with van der Waals surface area (Å²) in [5, 5.41) is 2.83. The molecule has 3 aromatic rings. The second kappa shape index (κ2) is 7.04. The molecule has 25 heavy (non-hydrogen) atoms. The normalized spacial score (nSPS) is 11.8. The first-order valence-electron chi connectivity index (χ1n) is 7.64. The van der Waals surface area contributed by atoms with Gasteiger partial charge in [-0.25, -0.2) is 9.78 Å². The standard InChI is InChI=1S/C18H17N3O4/c1-12(13-3-5-15(6-4-13)21-8-7-19-11-21)20-17(22)16-9-14(10-25-16)18(23)24-2/h3-12H,1-2H3,(H,20,22)/t12-/m1/s1. The second-order valence-corrected chi connectivity index (χ2v) is 5.45. The zero-order chi connectivity index (χ0) is 17.8. The zero-order valence-corrected chi connectivity index (χ0v) is 13.8. The summed E-state index contributed by atoms with van der Waals surface area (Å²) < 4.78 is 11.6. The van der Waals surface area contributed by atoms with E-state index in [0.29, 0.717) is 0 Å². The van der Waals surface area contributed by atoms with Crippen molar-refractivity contribution in [2.45, 2.75) is 13.0 Å². The quantitative estimate of drug-likeness (QED) is 0.722. The van der Waals surface area contributed by atoms with Gasteiger partial charge in [-0.05, 0) is 24.6 Å². The van der Waals surface area contributed by atoms with Crippen LogP contribution in [0.3, 0.4) is 0 Å². The van der Waals surface area contributed by atoms with Crippen LogP contribution in [-0.2, 0) is 4.74 Å². The van der Waals surface area contributed by atoms with Gasteiger partial charge in [-0.3, -0.25) is 4.79 Å². The Hall–Kier alpha value is -3.35. The zero-order valence-electron chi connectivity index (χ0n) is 13.8. The number of hydrogen-bond donors (Lipinski definition) is 1. The highest BCUT2D eigenvalue weighted by Gasteiger charge is 2.18. The maximum atomic E-state index is 12.2. The highest BCUT2D eigenvalue weighted by atomic mass is 16.5. The Morgan fingerprint density at radius 3 is 2.68 bits per heavy atom. The van der Waals surface area contributed by atoms with Crippen LogP contribution >= 0.6 is 0 Å². The highest BCUT2D eigenvalue weighted by molar-refractivity contribution is 5.96. The first-order valence-corrected chi connectivity index (χ1v) is 7.64. The summed E-state index contributed by atoms with van der Waals surface area (Å²) in [6, 6.07) is 8.89. The molecule has 0 spiro atoms. The lowest BCUT2D eigenvalue weighted by atomic mass is 10.1. The van der Waals surface area contributed by atoms with Crippen LogP contribution in [0, 0.1) is 0 Å². The summed E-state index contributed by atoms with van der Waals surface area (Å²) in [6.07, 6.45) is 6.49. The molecular formula is C18H17N3O4. The molecule has 0 saturated heterocycles. The number of esters is 1. The molecule has 0 aliphatic heterocycles. The molecule has 1 aromatic carbocycles. The predicted molar refractivity (Wildman–Crippen MR) is 89.5 cm³/mol. The van der Waals surface area contributed by atoms with E-state index in [1.54, 1.807) is 12.5 Å². The molecule has 0 bridgehead atoms. The maximum absolute atomic E-state index is 12.2. The lowest BCUT2D eigenvalue weighted by Crippen LogP contribution is -2.26. The smallest absolute Gasteiger partial charge is 0.341 e. The van der Waals surface area contributed by atoms with Gasteiger partial charge in [0.1, 0.15) is 6.26 Å². The van der Waals surface area contributed by atoms with Gasteiger partial charge in [0.2, 0.25) is 0 Å². The molecule has 0 saturated carbocycles. The summed E-state index contributed by atoms with van der Waals surface area (Å²) in [5.41, 5.74) is 2.12. The molecule has 128 valence electrons. The van der Waals surface area contributed by atoms with Crippen LogP contribution in [0.4, 0.5) is 0 Å². The Morgan fingerprint density at radius 1 is 1.28 bits per heavy atom. The van der Waals surface area contributed by atoms with Crippen molar-refractivity contribution >= 4 is 11.9 Å². The van der Waals surface area contributed by atoms with Crippen LogP contribution in [0.1, 0.15) is 39.4 Å². The Morgan fingerprint density at radius 2 is 2.04 bits per heavy atom. The average molecular weight is 339 g/mol. The van der Waals surface area contributed by atoms with Crippen LogP contribution in [0.25, 0.3) is 5.69 Å². The molecule has 1 amide bonds. The number of nitrogens with zero attached hydrogens (tertiary/aromatic N) is 2.